The number of ether oxygens (including phenoxy) is 2. The van der Waals surface area contributed by atoms with Gasteiger partial charge in [0.05, 0.1) is 30.2 Å². The zero-order chi connectivity index (χ0) is 15.9. The predicted molar refractivity (Wildman–Crippen MR) is 82.1 cm³/mol. The van der Waals surface area contributed by atoms with E-state index in [0.717, 1.165) is 19.3 Å². The molecule has 0 unspecified atom stereocenters. The summed E-state index contributed by atoms with van der Waals surface area (Å²) in [6.07, 6.45) is 3.25. The van der Waals surface area contributed by atoms with Crippen molar-refractivity contribution in [2.24, 2.45) is 5.41 Å². The van der Waals surface area contributed by atoms with Crippen molar-refractivity contribution in [3.63, 3.8) is 0 Å². The molecule has 1 aromatic carbocycles. The summed E-state index contributed by atoms with van der Waals surface area (Å²) >= 11 is 6.09. The maximum Gasteiger partial charge on any atom is 0.179 e. The minimum atomic E-state index is -0.305. The molecule has 5 heteroatoms. The van der Waals surface area contributed by atoms with Crippen molar-refractivity contribution < 1.29 is 14.3 Å². The van der Waals surface area contributed by atoms with E-state index in [4.69, 9.17) is 26.3 Å². The first-order chi connectivity index (χ1) is 9.93. The number of hydrogen-bond acceptors (Lipinski definition) is 4. The van der Waals surface area contributed by atoms with Crippen molar-refractivity contribution in [1.82, 2.24) is 0 Å². The predicted octanol–water partition coefficient (Wildman–Crippen LogP) is 4.26. The number of benzene rings is 1. The Morgan fingerprint density at radius 2 is 2.10 bits per heavy atom. The molecule has 0 atom stereocenters. The topological polar surface area (TPSA) is 59.3 Å². The Balaban J connectivity index is 2.56. The Morgan fingerprint density at radius 3 is 2.67 bits per heavy atom. The zero-order valence-electron chi connectivity index (χ0n) is 12.6. The Morgan fingerprint density at radius 1 is 1.38 bits per heavy atom. The summed E-state index contributed by atoms with van der Waals surface area (Å²) < 4.78 is 10.8. The quantitative estimate of drug-likeness (QED) is 0.532. The Bertz CT molecular complexity index is 535. The molecule has 0 fully saturated rings. The van der Waals surface area contributed by atoms with E-state index in [1.807, 2.05) is 13.8 Å². The van der Waals surface area contributed by atoms with E-state index in [-0.39, 0.29) is 5.41 Å². The van der Waals surface area contributed by atoms with E-state index in [1.54, 1.807) is 12.1 Å². The van der Waals surface area contributed by atoms with Crippen LogP contribution in [-0.2, 0) is 0 Å². The normalized spacial score (nSPS) is 10.8. The minimum absolute atomic E-state index is 0.305. The number of aldehydes is 1. The molecule has 0 heterocycles. The standard InChI is InChI=1S/C16H20ClNO3/c1-16(2,11-18)6-4-5-7-21-15-13(17)8-12(10-19)9-14(15)20-3/h8-10H,4-7H2,1-3H3. The molecule has 21 heavy (non-hydrogen) atoms. The zero-order valence-corrected chi connectivity index (χ0v) is 13.4. The third kappa shape index (κ3) is 5.28. The molecular weight excluding hydrogens is 290 g/mol. The lowest BCUT2D eigenvalue weighted by atomic mass is 9.89. The lowest BCUT2D eigenvalue weighted by Crippen LogP contribution is -2.08. The fourth-order valence-electron chi connectivity index (χ4n) is 1.85. The molecule has 0 bridgehead atoms. The SMILES string of the molecule is COc1cc(C=O)cc(Cl)c1OCCCCC(C)(C)C#N. The van der Waals surface area contributed by atoms with Crippen molar-refractivity contribution in [3.8, 4) is 17.6 Å². The summed E-state index contributed by atoms with van der Waals surface area (Å²) in [4.78, 5) is 10.8. The third-order valence-corrected chi connectivity index (χ3v) is 3.41. The van der Waals surface area contributed by atoms with Gasteiger partial charge in [-0.15, -0.1) is 0 Å². The van der Waals surface area contributed by atoms with Crippen LogP contribution in [0.15, 0.2) is 12.1 Å². The van der Waals surface area contributed by atoms with Gasteiger partial charge in [0.1, 0.15) is 6.29 Å². The average Bonchev–Trinajstić information content (AvgIpc) is 2.47. The van der Waals surface area contributed by atoms with E-state index in [0.29, 0.717) is 35.0 Å². The second-order valence-corrected chi connectivity index (χ2v) is 5.86. The van der Waals surface area contributed by atoms with Crippen LogP contribution in [0.3, 0.4) is 0 Å². The van der Waals surface area contributed by atoms with Gasteiger partial charge in [-0.25, -0.2) is 0 Å². The lowest BCUT2D eigenvalue weighted by Gasteiger charge is -2.15. The molecule has 0 radical (unpaired) electrons. The number of carbonyl (C=O) groups is 1. The maximum absolute atomic E-state index is 10.8. The Labute approximate surface area is 130 Å². The lowest BCUT2D eigenvalue weighted by molar-refractivity contribution is 0.112. The summed E-state index contributed by atoms with van der Waals surface area (Å²) in [5, 5.41) is 9.29. The van der Waals surface area contributed by atoms with E-state index in [2.05, 4.69) is 6.07 Å². The van der Waals surface area contributed by atoms with E-state index in [9.17, 15) is 4.79 Å². The monoisotopic (exact) mass is 309 g/mol. The number of nitriles is 1. The van der Waals surface area contributed by atoms with Crippen molar-refractivity contribution in [3.05, 3.63) is 22.7 Å². The second-order valence-electron chi connectivity index (χ2n) is 5.45. The first-order valence-corrected chi connectivity index (χ1v) is 7.18. The van der Waals surface area contributed by atoms with Gasteiger partial charge in [0.2, 0.25) is 0 Å². The van der Waals surface area contributed by atoms with Crippen LogP contribution in [-0.4, -0.2) is 20.0 Å². The van der Waals surface area contributed by atoms with Crippen LogP contribution in [0.25, 0.3) is 0 Å². The van der Waals surface area contributed by atoms with Gasteiger partial charge >= 0.3 is 0 Å². The van der Waals surface area contributed by atoms with Gasteiger partial charge < -0.3 is 9.47 Å². The van der Waals surface area contributed by atoms with Gasteiger partial charge in [-0.05, 0) is 45.2 Å². The van der Waals surface area contributed by atoms with Crippen LogP contribution >= 0.6 is 11.6 Å². The van der Waals surface area contributed by atoms with Crippen LogP contribution in [0, 0.1) is 16.7 Å². The summed E-state index contributed by atoms with van der Waals surface area (Å²) in [6.45, 7) is 4.33. The summed E-state index contributed by atoms with van der Waals surface area (Å²) in [7, 11) is 1.50. The molecular formula is C16H20ClNO3. The fraction of sp³-hybridized carbons (Fsp3) is 0.500. The average molecular weight is 310 g/mol. The molecule has 0 saturated carbocycles. The third-order valence-electron chi connectivity index (χ3n) is 3.13. The molecule has 0 aliphatic heterocycles. The highest BCUT2D eigenvalue weighted by Gasteiger charge is 2.16. The molecule has 0 spiro atoms. The number of halogens is 1. The molecule has 0 N–H and O–H groups in total. The summed E-state index contributed by atoms with van der Waals surface area (Å²) in [5.74, 6) is 0.895. The molecule has 0 aliphatic rings. The van der Waals surface area contributed by atoms with E-state index >= 15 is 0 Å². The Hall–Kier alpha value is -1.73. The smallest absolute Gasteiger partial charge is 0.179 e. The van der Waals surface area contributed by atoms with E-state index < -0.39 is 0 Å². The highest BCUT2D eigenvalue weighted by atomic mass is 35.5. The molecule has 4 nitrogen and oxygen atoms in total. The van der Waals surface area contributed by atoms with Crippen molar-refractivity contribution in [2.75, 3.05) is 13.7 Å². The maximum atomic E-state index is 10.8. The molecule has 0 aromatic heterocycles. The highest BCUT2D eigenvalue weighted by molar-refractivity contribution is 6.32. The van der Waals surface area contributed by atoms with Gasteiger partial charge in [0, 0.05) is 5.56 Å². The minimum Gasteiger partial charge on any atom is -0.493 e. The number of hydrogen-bond donors (Lipinski definition) is 0. The van der Waals surface area contributed by atoms with Crippen molar-refractivity contribution in [1.29, 1.82) is 5.26 Å². The highest BCUT2D eigenvalue weighted by Crippen LogP contribution is 2.36. The van der Waals surface area contributed by atoms with Gasteiger partial charge in [-0.3, -0.25) is 4.79 Å². The molecule has 114 valence electrons. The molecule has 0 aliphatic carbocycles. The number of unbranched alkanes of at least 4 members (excludes halogenated alkanes) is 1. The number of rotatable bonds is 8. The second kappa shape index (κ2) is 7.90. The van der Waals surface area contributed by atoms with Gasteiger partial charge in [-0.1, -0.05) is 11.6 Å². The largest absolute Gasteiger partial charge is 0.493 e. The molecule has 0 amide bonds. The summed E-state index contributed by atoms with van der Waals surface area (Å²) in [6, 6.07) is 5.41. The number of nitrogens with zero attached hydrogens (tertiary/aromatic N) is 1. The van der Waals surface area contributed by atoms with Gasteiger partial charge in [-0.2, -0.15) is 5.26 Å². The first-order valence-electron chi connectivity index (χ1n) is 6.80. The van der Waals surface area contributed by atoms with Crippen LogP contribution in [0.5, 0.6) is 11.5 Å². The van der Waals surface area contributed by atoms with Crippen molar-refractivity contribution in [2.45, 2.75) is 33.1 Å². The van der Waals surface area contributed by atoms with Gasteiger partial charge in [0.25, 0.3) is 0 Å². The van der Waals surface area contributed by atoms with E-state index in [1.165, 1.54) is 7.11 Å². The molecule has 0 saturated heterocycles. The van der Waals surface area contributed by atoms with Crippen molar-refractivity contribution >= 4 is 17.9 Å². The molecule has 1 aromatic rings. The fourth-order valence-corrected chi connectivity index (χ4v) is 2.12. The molecule has 1 rings (SSSR count). The van der Waals surface area contributed by atoms with Crippen LogP contribution in [0.2, 0.25) is 5.02 Å². The Kier molecular flexibility index (Phi) is 6.51. The van der Waals surface area contributed by atoms with Crippen LogP contribution in [0.4, 0.5) is 0 Å². The van der Waals surface area contributed by atoms with Crippen LogP contribution < -0.4 is 9.47 Å². The number of methoxy groups -OCH3 is 1. The first kappa shape index (κ1) is 17.3. The number of carbonyl (C=O) groups excluding carboxylic acids is 1. The van der Waals surface area contributed by atoms with Crippen LogP contribution in [0.1, 0.15) is 43.5 Å². The van der Waals surface area contributed by atoms with Gasteiger partial charge in [0.15, 0.2) is 11.5 Å². The summed E-state index contributed by atoms with van der Waals surface area (Å²) in [5.41, 5.74) is 0.140.